The van der Waals surface area contributed by atoms with Gasteiger partial charge in [-0.3, -0.25) is 0 Å². The smallest absolute Gasteiger partial charge is 0.128 e. The second-order valence-corrected chi connectivity index (χ2v) is 9.21. The van der Waals surface area contributed by atoms with Crippen molar-refractivity contribution in [2.24, 2.45) is 0 Å². The predicted octanol–water partition coefficient (Wildman–Crippen LogP) is 2.53. The first-order chi connectivity index (χ1) is 10.5. The number of phenolic OH excluding ortho intramolecular Hbond substituents is 1. The molecule has 1 aliphatic rings. The van der Waals surface area contributed by atoms with Crippen LogP contribution in [0.2, 0.25) is 0 Å². The summed E-state index contributed by atoms with van der Waals surface area (Å²) in [5.41, 5.74) is 3.28. The summed E-state index contributed by atoms with van der Waals surface area (Å²) < 4.78 is 0. The maximum Gasteiger partial charge on any atom is 0.128 e. The van der Waals surface area contributed by atoms with Crippen molar-refractivity contribution in [2.45, 2.75) is 77.9 Å². The minimum atomic E-state index is -0.200. The predicted molar refractivity (Wildman–Crippen MR) is 95.1 cm³/mol. The molecule has 0 bridgehead atoms. The van der Waals surface area contributed by atoms with E-state index >= 15 is 0 Å². The van der Waals surface area contributed by atoms with E-state index in [0.29, 0.717) is 5.75 Å². The second-order valence-electron chi connectivity index (χ2n) is 9.21. The van der Waals surface area contributed by atoms with E-state index in [1.807, 2.05) is 0 Å². The number of hydrogen-bond donors (Lipinski definition) is 3. The zero-order valence-corrected chi connectivity index (χ0v) is 15.7. The number of phenols is 1. The number of aliphatic hydroxyl groups is 1. The van der Waals surface area contributed by atoms with Crippen LogP contribution in [-0.2, 0) is 17.4 Å². The zero-order chi connectivity index (χ0) is 17.4. The highest BCUT2D eigenvalue weighted by molar-refractivity contribution is 5.48. The van der Waals surface area contributed by atoms with Crippen LogP contribution >= 0.6 is 0 Å². The van der Waals surface area contributed by atoms with Crippen molar-refractivity contribution in [1.29, 1.82) is 0 Å². The van der Waals surface area contributed by atoms with Crippen LogP contribution in [0.15, 0.2) is 12.1 Å². The van der Waals surface area contributed by atoms with Crippen LogP contribution in [0, 0.1) is 0 Å². The van der Waals surface area contributed by atoms with Gasteiger partial charge in [0.25, 0.3) is 0 Å². The Morgan fingerprint density at radius 3 is 2.26 bits per heavy atom. The van der Waals surface area contributed by atoms with Gasteiger partial charge in [-0.25, -0.2) is 0 Å². The second kappa shape index (κ2) is 6.45. The molecule has 1 fully saturated rings. The Bertz CT molecular complexity index is 552. The number of hydrogen-bond acceptors (Lipinski definition) is 2. The highest BCUT2D eigenvalue weighted by atomic mass is 16.3. The Labute approximate surface area is 141 Å². The van der Waals surface area contributed by atoms with Crippen molar-refractivity contribution >= 4 is 0 Å². The Morgan fingerprint density at radius 2 is 1.74 bits per heavy atom. The van der Waals surface area contributed by atoms with Crippen LogP contribution in [0.3, 0.4) is 0 Å². The monoisotopic (exact) mass is 320 g/mol. The third kappa shape index (κ3) is 4.48. The molecule has 0 aromatic heterocycles. The average Bonchev–Trinajstić information content (AvgIpc) is 2.38. The molecule has 0 amide bonds. The fourth-order valence-corrected chi connectivity index (χ4v) is 3.39. The van der Waals surface area contributed by atoms with Gasteiger partial charge in [0.05, 0.1) is 6.54 Å². The molecule has 1 aromatic carbocycles. The summed E-state index contributed by atoms with van der Waals surface area (Å²) in [6.07, 6.45) is 1.77. The lowest BCUT2D eigenvalue weighted by Gasteiger charge is -2.30. The first-order valence-electron chi connectivity index (χ1n) is 8.87. The van der Waals surface area contributed by atoms with Gasteiger partial charge in [0.2, 0.25) is 0 Å². The maximum atomic E-state index is 10.8. The number of likely N-dealkylation sites (tertiary alicyclic amines) is 1. The van der Waals surface area contributed by atoms with Crippen molar-refractivity contribution in [2.75, 3.05) is 13.1 Å². The van der Waals surface area contributed by atoms with Crippen LogP contribution in [0.5, 0.6) is 5.75 Å². The van der Waals surface area contributed by atoms with Crippen LogP contribution < -0.4 is 4.90 Å². The van der Waals surface area contributed by atoms with Crippen molar-refractivity contribution < 1.29 is 15.1 Å². The topological polar surface area (TPSA) is 44.9 Å². The summed E-state index contributed by atoms with van der Waals surface area (Å²) >= 11 is 0. The fourth-order valence-electron chi connectivity index (χ4n) is 3.39. The van der Waals surface area contributed by atoms with Crippen LogP contribution in [0.4, 0.5) is 0 Å². The van der Waals surface area contributed by atoms with Gasteiger partial charge in [0, 0.05) is 11.1 Å². The summed E-state index contributed by atoms with van der Waals surface area (Å²) in [6, 6.07) is 4.33. The molecule has 3 N–H and O–H groups in total. The molecule has 2 atom stereocenters. The molecular formula is C20H34NO2+. The molecular weight excluding hydrogens is 286 g/mol. The molecule has 0 spiro atoms. The summed E-state index contributed by atoms with van der Waals surface area (Å²) in [6.45, 7) is 15.7. The maximum absolute atomic E-state index is 10.8. The zero-order valence-electron chi connectivity index (χ0n) is 15.7. The molecule has 0 radical (unpaired) electrons. The Kier molecular flexibility index (Phi) is 5.12. The minimum absolute atomic E-state index is 0.0548. The van der Waals surface area contributed by atoms with E-state index in [1.54, 1.807) is 0 Å². The third-order valence-electron chi connectivity index (χ3n) is 4.90. The first kappa shape index (κ1) is 18.3. The van der Waals surface area contributed by atoms with Crippen molar-refractivity contribution in [3.8, 4) is 5.75 Å². The standard InChI is InChI=1S/C20H33NO2/c1-19(2,3)15-10-14(12-21-9-7-8-16(22)13-21)18(23)17(11-15)20(4,5)6/h10-11,16,22-23H,7-9,12-13H2,1-6H3/p+1/t16-/m1/s1. The summed E-state index contributed by atoms with van der Waals surface area (Å²) in [5, 5.41) is 20.7. The van der Waals surface area contributed by atoms with E-state index in [2.05, 4.69) is 53.7 Å². The number of rotatable bonds is 2. The van der Waals surface area contributed by atoms with E-state index in [4.69, 9.17) is 0 Å². The van der Waals surface area contributed by atoms with Gasteiger partial charge >= 0.3 is 0 Å². The summed E-state index contributed by atoms with van der Waals surface area (Å²) in [5.74, 6) is 0.443. The largest absolute Gasteiger partial charge is 0.507 e. The average molecular weight is 320 g/mol. The molecule has 0 saturated carbocycles. The number of nitrogens with one attached hydrogen (secondary N) is 1. The Balaban J connectivity index is 2.41. The minimum Gasteiger partial charge on any atom is -0.507 e. The van der Waals surface area contributed by atoms with Crippen molar-refractivity contribution in [3.63, 3.8) is 0 Å². The first-order valence-corrected chi connectivity index (χ1v) is 8.87. The molecule has 23 heavy (non-hydrogen) atoms. The fraction of sp³-hybridized carbons (Fsp3) is 0.700. The van der Waals surface area contributed by atoms with Gasteiger partial charge in [-0.05, 0) is 35.3 Å². The van der Waals surface area contributed by atoms with Gasteiger partial charge in [-0.1, -0.05) is 47.6 Å². The molecule has 1 heterocycles. The van der Waals surface area contributed by atoms with E-state index < -0.39 is 0 Å². The van der Waals surface area contributed by atoms with Gasteiger partial charge in [0.15, 0.2) is 0 Å². The molecule has 3 heteroatoms. The highest BCUT2D eigenvalue weighted by Gasteiger charge is 2.28. The van der Waals surface area contributed by atoms with E-state index in [9.17, 15) is 10.2 Å². The lowest BCUT2D eigenvalue weighted by Crippen LogP contribution is -3.12. The molecule has 1 aromatic rings. The number of quaternary nitrogens is 1. The van der Waals surface area contributed by atoms with Gasteiger partial charge in [-0.15, -0.1) is 0 Å². The number of aromatic hydroxyl groups is 1. The number of aliphatic hydroxyl groups excluding tert-OH is 1. The normalized spacial score (nSPS) is 23.1. The van der Waals surface area contributed by atoms with Gasteiger partial charge in [-0.2, -0.15) is 0 Å². The van der Waals surface area contributed by atoms with Crippen molar-refractivity contribution in [1.82, 2.24) is 0 Å². The molecule has 1 unspecified atom stereocenters. The molecule has 2 rings (SSSR count). The van der Waals surface area contributed by atoms with Gasteiger partial charge < -0.3 is 15.1 Å². The molecule has 1 saturated heterocycles. The van der Waals surface area contributed by atoms with E-state index in [0.717, 1.165) is 43.6 Å². The lowest BCUT2D eigenvalue weighted by atomic mass is 9.79. The Hall–Kier alpha value is -1.06. The van der Waals surface area contributed by atoms with E-state index in [1.165, 1.54) is 10.5 Å². The third-order valence-corrected chi connectivity index (χ3v) is 4.90. The van der Waals surface area contributed by atoms with Gasteiger partial charge in [0.1, 0.15) is 24.9 Å². The highest BCUT2D eigenvalue weighted by Crippen LogP contribution is 2.37. The molecule has 3 nitrogen and oxygen atoms in total. The summed E-state index contributed by atoms with van der Waals surface area (Å²) in [7, 11) is 0. The quantitative estimate of drug-likeness (QED) is 0.784. The Morgan fingerprint density at radius 1 is 1.09 bits per heavy atom. The summed E-state index contributed by atoms with van der Waals surface area (Å²) in [4.78, 5) is 1.37. The molecule has 0 aliphatic carbocycles. The van der Waals surface area contributed by atoms with Crippen LogP contribution in [0.1, 0.15) is 71.1 Å². The van der Waals surface area contributed by atoms with E-state index in [-0.39, 0.29) is 16.9 Å². The molecule has 130 valence electrons. The number of benzene rings is 1. The lowest BCUT2D eigenvalue weighted by molar-refractivity contribution is -0.921. The van der Waals surface area contributed by atoms with Crippen LogP contribution in [-0.4, -0.2) is 29.4 Å². The molecule has 1 aliphatic heterocycles. The van der Waals surface area contributed by atoms with Crippen molar-refractivity contribution in [3.05, 3.63) is 28.8 Å². The SMILES string of the molecule is CC(C)(C)c1cc(C[NH+]2CCC[C@@H](O)C2)c(O)c(C(C)(C)C)c1. The number of piperidine rings is 1. The van der Waals surface area contributed by atoms with Crippen LogP contribution in [0.25, 0.3) is 0 Å².